The number of benzene rings is 1. The molecule has 0 heterocycles. The van der Waals surface area contributed by atoms with E-state index in [1.807, 2.05) is 19.1 Å². The molecule has 1 aromatic rings. The second-order valence-electron chi connectivity index (χ2n) is 4.32. The van der Waals surface area contributed by atoms with E-state index in [-0.39, 0.29) is 31.4 Å². The third-order valence-electron chi connectivity index (χ3n) is 2.69. The maximum absolute atomic E-state index is 11.6. The van der Waals surface area contributed by atoms with Crippen LogP contribution in [0.5, 0.6) is 5.75 Å². The maximum atomic E-state index is 11.6. The van der Waals surface area contributed by atoms with Crippen LogP contribution in [0.25, 0.3) is 0 Å². The number of aliphatic carboxylic acids is 1. The molecular weight excluding hydrogens is 326 g/mol. The van der Waals surface area contributed by atoms with Gasteiger partial charge in [-0.25, -0.2) is 0 Å². The average molecular weight is 344 g/mol. The first-order chi connectivity index (χ1) is 9.51. The summed E-state index contributed by atoms with van der Waals surface area (Å²) in [7, 11) is 0. The van der Waals surface area contributed by atoms with Crippen molar-refractivity contribution in [3.63, 3.8) is 0 Å². The number of amides is 1. The van der Waals surface area contributed by atoms with E-state index in [0.717, 1.165) is 4.47 Å². The van der Waals surface area contributed by atoms with Gasteiger partial charge < -0.3 is 15.2 Å². The number of hydrogen-bond acceptors (Lipinski definition) is 3. The topological polar surface area (TPSA) is 75.6 Å². The first-order valence-electron chi connectivity index (χ1n) is 6.40. The predicted molar refractivity (Wildman–Crippen MR) is 78.7 cm³/mol. The molecule has 5 nitrogen and oxygen atoms in total. The molecule has 0 saturated heterocycles. The van der Waals surface area contributed by atoms with E-state index in [9.17, 15) is 9.59 Å². The van der Waals surface area contributed by atoms with Crippen LogP contribution in [0.3, 0.4) is 0 Å². The first kappa shape index (κ1) is 16.5. The zero-order valence-corrected chi connectivity index (χ0v) is 12.9. The van der Waals surface area contributed by atoms with Gasteiger partial charge in [0, 0.05) is 10.5 Å². The summed E-state index contributed by atoms with van der Waals surface area (Å²) in [6, 6.07) is 7.00. The lowest BCUT2D eigenvalue weighted by atomic mass is 10.1. The van der Waals surface area contributed by atoms with Gasteiger partial charge in [-0.05, 0) is 30.7 Å². The highest BCUT2D eigenvalue weighted by molar-refractivity contribution is 9.10. The zero-order chi connectivity index (χ0) is 15.0. The van der Waals surface area contributed by atoms with Crippen molar-refractivity contribution < 1.29 is 19.4 Å². The molecule has 1 amide bonds. The van der Waals surface area contributed by atoms with E-state index in [1.165, 1.54) is 0 Å². The number of carboxylic acid groups (broad SMARTS) is 1. The van der Waals surface area contributed by atoms with Gasteiger partial charge in [-0.1, -0.05) is 22.9 Å². The molecule has 20 heavy (non-hydrogen) atoms. The van der Waals surface area contributed by atoms with E-state index >= 15 is 0 Å². The van der Waals surface area contributed by atoms with Gasteiger partial charge in [0.1, 0.15) is 5.75 Å². The van der Waals surface area contributed by atoms with Crippen LogP contribution in [-0.4, -0.2) is 29.6 Å². The summed E-state index contributed by atoms with van der Waals surface area (Å²) in [6.07, 6.45) is 0.730. The highest BCUT2D eigenvalue weighted by Gasteiger charge is 2.13. The Balaban J connectivity index is 2.28. The number of halogens is 1. The van der Waals surface area contributed by atoms with Crippen LogP contribution < -0.4 is 10.1 Å². The molecule has 0 saturated carbocycles. The molecule has 0 spiro atoms. The smallest absolute Gasteiger partial charge is 0.305 e. The average Bonchev–Trinajstić information content (AvgIpc) is 2.39. The SMILES string of the molecule is CCC(CC(=O)O)NC(=O)CCOc1ccc(Br)cc1. The summed E-state index contributed by atoms with van der Waals surface area (Å²) in [5.41, 5.74) is 0. The lowest BCUT2D eigenvalue weighted by Gasteiger charge is -2.14. The molecule has 110 valence electrons. The summed E-state index contributed by atoms with van der Waals surface area (Å²) < 4.78 is 6.39. The number of rotatable bonds is 8. The van der Waals surface area contributed by atoms with Crippen molar-refractivity contribution in [2.45, 2.75) is 32.2 Å². The van der Waals surface area contributed by atoms with Gasteiger partial charge in [0.25, 0.3) is 0 Å². The molecule has 6 heteroatoms. The minimum absolute atomic E-state index is 0.0597. The molecular formula is C14H18BrNO4. The summed E-state index contributed by atoms with van der Waals surface area (Å²) in [4.78, 5) is 22.2. The number of hydrogen-bond donors (Lipinski definition) is 2. The maximum Gasteiger partial charge on any atom is 0.305 e. The second kappa shape index (κ2) is 8.58. The molecule has 1 rings (SSSR count). The molecule has 0 bridgehead atoms. The molecule has 1 unspecified atom stereocenters. The largest absolute Gasteiger partial charge is 0.493 e. The Morgan fingerprint density at radius 1 is 1.35 bits per heavy atom. The quantitative estimate of drug-likeness (QED) is 0.760. The fraction of sp³-hybridized carbons (Fsp3) is 0.429. The van der Waals surface area contributed by atoms with Crippen LogP contribution in [0.1, 0.15) is 26.2 Å². The van der Waals surface area contributed by atoms with Gasteiger partial charge in [-0.2, -0.15) is 0 Å². The van der Waals surface area contributed by atoms with Crippen LogP contribution in [-0.2, 0) is 9.59 Å². The molecule has 2 N–H and O–H groups in total. The van der Waals surface area contributed by atoms with Crippen molar-refractivity contribution >= 4 is 27.8 Å². The Hall–Kier alpha value is -1.56. The van der Waals surface area contributed by atoms with Crippen LogP contribution in [0.2, 0.25) is 0 Å². The Bertz CT molecular complexity index is 447. The summed E-state index contributed by atoms with van der Waals surface area (Å²) in [5, 5.41) is 11.4. The van der Waals surface area contributed by atoms with E-state index in [0.29, 0.717) is 12.2 Å². The number of carboxylic acids is 1. The highest BCUT2D eigenvalue weighted by Crippen LogP contribution is 2.16. The van der Waals surface area contributed by atoms with Crippen molar-refractivity contribution in [3.05, 3.63) is 28.7 Å². The Labute approximate surface area is 126 Å². The van der Waals surface area contributed by atoms with Gasteiger partial charge >= 0.3 is 5.97 Å². The monoisotopic (exact) mass is 343 g/mol. The minimum Gasteiger partial charge on any atom is -0.493 e. The van der Waals surface area contributed by atoms with Crippen LogP contribution in [0, 0.1) is 0 Å². The van der Waals surface area contributed by atoms with E-state index in [4.69, 9.17) is 9.84 Å². The molecule has 0 aromatic heterocycles. The molecule has 0 fully saturated rings. The molecule has 1 atom stereocenters. The van der Waals surface area contributed by atoms with Crippen LogP contribution >= 0.6 is 15.9 Å². The molecule has 0 aliphatic heterocycles. The third kappa shape index (κ3) is 6.56. The second-order valence-corrected chi connectivity index (χ2v) is 5.24. The van der Waals surface area contributed by atoms with Gasteiger partial charge in [0.05, 0.1) is 19.4 Å². The van der Waals surface area contributed by atoms with Gasteiger partial charge in [0.2, 0.25) is 5.91 Å². The van der Waals surface area contributed by atoms with Gasteiger partial charge in [-0.15, -0.1) is 0 Å². The van der Waals surface area contributed by atoms with Crippen molar-refractivity contribution in [3.8, 4) is 5.75 Å². The third-order valence-corrected chi connectivity index (χ3v) is 3.22. The van der Waals surface area contributed by atoms with Gasteiger partial charge in [0.15, 0.2) is 0 Å². The minimum atomic E-state index is -0.914. The molecule has 1 aromatic carbocycles. The summed E-state index contributed by atoms with van der Waals surface area (Å²) >= 11 is 3.32. The molecule has 0 radical (unpaired) electrons. The summed E-state index contributed by atoms with van der Waals surface area (Å²) in [6.45, 7) is 2.10. The van der Waals surface area contributed by atoms with E-state index < -0.39 is 5.97 Å². The van der Waals surface area contributed by atoms with Crippen LogP contribution in [0.4, 0.5) is 0 Å². The molecule has 0 aliphatic rings. The lowest BCUT2D eigenvalue weighted by molar-refractivity contribution is -0.137. The van der Waals surface area contributed by atoms with Crippen molar-refractivity contribution in [1.82, 2.24) is 5.32 Å². The highest BCUT2D eigenvalue weighted by atomic mass is 79.9. The summed E-state index contributed by atoms with van der Waals surface area (Å²) in [5.74, 6) is -0.419. The Morgan fingerprint density at radius 3 is 2.55 bits per heavy atom. The molecule has 0 aliphatic carbocycles. The fourth-order valence-electron chi connectivity index (χ4n) is 1.60. The van der Waals surface area contributed by atoms with E-state index in [1.54, 1.807) is 12.1 Å². The van der Waals surface area contributed by atoms with Crippen LogP contribution in [0.15, 0.2) is 28.7 Å². The predicted octanol–water partition coefficient (Wildman–Crippen LogP) is 2.59. The normalized spacial score (nSPS) is 11.7. The lowest BCUT2D eigenvalue weighted by Crippen LogP contribution is -2.36. The Kier molecular flexibility index (Phi) is 7.08. The fourth-order valence-corrected chi connectivity index (χ4v) is 1.86. The first-order valence-corrected chi connectivity index (χ1v) is 7.20. The van der Waals surface area contributed by atoms with Crippen molar-refractivity contribution in [1.29, 1.82) is 0 Å². The zero-order valence-electron chi connectivity index (χ0n) is 11.3. The van der Waals surface area contributed by atoms with Crippen molar-refractivity contribution in [2.75, 3.05) is 6.61 Å². The number of carbonyl (C=O) groups is 2. The van der Waals surface area contributed by atoms with Crippen molar-refractivity contribution in [2.24, 2.45) is 0 Å². The number of nitrogens with one attached hydrogen (secondary N) is 1. The standard InChI is InChI=1S/C14H18BrNO4/c1-2-11(9-14(18)19)16-13(17)7-8-20-12-5-3-10(15)4-6-12/h3-6,11H,2,7-9H2,1H3,(H,16,17)(H,18,19). The Morgan fingerprint density at radius 2 is 2.00 bits per heavy atom. The van der Waals surface area contributed by atoms with Gasteiger partial charge in [-0.3, -0.25) is 9.59 Å². The van der Waals surface area contributed by atoms with E-state index in [2.05, 4.69) is 21.2 Å². The number of carbonyl (C=O) groups excluding carboxylic acids is 1. The number of ether oxygens (including phenoxy) is 1.